The SMILES string of the molecule is Cc1ccc(N(c2c(C)c(C)c(-c3cnc4nccnc4n3)c(C)c2C)c2c(C)c(C)c(-c3cnc4nccnc4n3)c(C)c2C)cc1. The highest BCUT2D eigenvalue weighted by atomic mass is 15.2. The van der Waals surface area contributed by atoms with Gasteiger partial charge in [0.25, 0.3) is 0 Å². The number of hydrogen-bond acceptors (Lipinski definition) is 9. The van der Waals surface area contributed by atoms with Crippen molar-refractivity contribution < 1.29 is 0 Å². The first-order chi connectivity index (χ1) is 23.1. The molecule has 0 N–H and O–H groups in total. The molecule has 4 aromatic heterocycles. The smallest absolute Gasteiger partial charge is 0.198 e. The van der Waals surface area contributed by atoms with Gasteiger partial charge in [0.1, 0.15) is 0 Å². The summed E-state index contributed by atoms with van der Waals surface area (Å²) in [6.07, 6.45) is 10.2. The van der Waals surface area contributed by atoms with E-state index in [0.29, 0.717) is 22.6 Å². The summed E-state index contributed by atoms with van der Waals surface area (Å²) in [5, 5.41) is 0. The molecule has 7 rings (SSSR count). The maximum atomic E-state index is 4.89. The molecule has 7 aromatic rings. The molecule has 0 amide bonds. The van der Waals surface area contributed by atoms with Crippen LogP contribution in [0.3, 0.4) is 0 Å². The van der Waals surface area contributed by atoms with Gasteiger partial charge in [0, 0.05) is 41.6 Å². The number of anilines is 3. The lowest BCUT2D eigenvalue weighted by Crippen LogP contribution is -2.18. The standard InChI is InChI=1S/C39H37N9/c1-20-10-12-29(13-11-20)48(34-25(6)21(2)32(22(3)26(34)7)30-18-44-36-38(46-30)42-16-14-40-36)35-27(8)23(4)33(24(5)28(35)9)31-19-45-37-39(47-31)43-17-15-41-37/h10-19H,1-9H3. The molecule has 9 nitrogen and oxygen atoms in total. The van der Waals surface area contributed by atoms with Gasteiger partial charge in [-0.15, -0.1) is 0 Å². The van der Waals surface area contributed by atoms with Gasteiger partial charge in [-0.1, -0.05) is 17.7 Å². The first-order valence-electron chi connectivity index (χ1n) is 16.0. The highest BCUT2D eigenvalue weighted by molar-refractivity contribution is 5.91. The van der Waals surface area contributed by atoms with Gasteiger partial charge >= 0.3 is 0 Å². The zero-order valence-corrected chi connectivity index (χ0v) is 28.8. The summed E-state index contributed by atoms with van der Waals surface area (Å²) >= 11 is 0. The number of hydrogen-bond donors (Lipinski definition) is 0. The summed E-state index contributed by atoms with van der Waals surface area (Å²) in [4.78, 5) is 38.9. The van der Waals surface area contributed by atoms with Gasteiger partial charge in [-0.2, -0.15) is 0 Å². The van der Waals surface area contributed by atoms with Crippen LogP contribution in [0.1, 0.15) is 50.1 Å². The number of fused-ring (bicyclic) bond motifs is 2. The molecule has 0 unspecified atom stereocenters. The van der Waals surface area contributed by atoms with Crippen molar-refractivity contribution in [3.63, 3.8) is 0 Å². The molecular weight excluding hydrogens is 594 g/mol. The average Bonchev–Trinajstić information content (AvgIpc) is 3.10. The predicted octanol–water partition coefficient (Wildman–Crippen LogP) is 8.73. The summed E-state index contributed by atoms with van der Waals surface area (Å²) < 4.78 is 0. The van der Waals surface area contributed by atoms with Gasteiger partial charge in [-0.25, -0.2) is 39.9 Å². The van der Waals surface area contributed by atoms with Gasteiger partial charge < -0.3 is 4.90 Å². The van der Waals surface area contributed by atoms with E-state index in [1.54, 1.807) is 24.8 Å². The summed E-state index contributed by atoms with van der Waals surface area (Å²) in [5.41, 5.74) is 19.8. The van der Waals surface area contributed by atoms with Crippen molar-refractivity contribution >= 4 is 39.7 Å². The van der Waals surface area contributed by atoms with Crippen LogP contribution in [-0.4, -0.2) is 39.9 Å². The molecule has 0 aliphatic heterocycles. The molecule has 0 aliphatic rings. The van der Waals surface area contributed by atoms with E-state index in [4.69, 9.17) is 9.97 Å². The molecule has 238 valence electrons. The minimum Gasteiger partial charge on any atom is -0.309 e. The number of aromatic nitrogens is 8. The number of rotatable bonds is 5. The minimum absolute atomic E-state index is 0.537. The van der Waals surface area contributed by atoms with Crippen molar-refractivity contribution in [3.05, 3.63) is 112 Å². The van der Waals surface area contributed by atoms with Crippen molar-refractivity contribution in [1.82, 2.24) is 39.9 Å². The van der Waals surface area contributed by atoms with E-state index in [1.165, 1.54) is 27.8 Å². The topological polar surface area (TPSA) is 106 Å². The van der Waals surface area contributed by atoms with Crippen LogP contribution in [0.15, 0.2) is 61.4 Å². The fourth-order valence-corrected chi connectivity index (χ4v) is 6.85. The summed E-state index contributed by atoms with van der Waals surface area (Å²) in [6, 6.07) is 8.78. The second kappa shape index (κ2) is 11.8. The van der Waals surface area contributed by atoms with E-state index in [2.05, 4.69) is 121 Å². The monoisotopic (exact) mass is 631 g/mol. The Labute approximate surface area is 280 Å². The molecule has 9 heteroatoms. The Hall–Kier alpha value is -5.70. The third-order valence-corrected chi connectivity index (χ3v) is 9.81. The average molecular weight is 632 g/mol. The molecule has 3 aromatic carbocycles. The first-order valence-corrected chi connectivity index (χ1v) is 16.0. The molecule has 48 heavy (non-hydrogen) atoms. The molecule has 0 bridgehead atoms. The van der Waals surface area contributed by atoms with Gasteiger partial charge in [0.05, 0.1) is 35.2 Å². The largest absolute Gasteiger partial charge is 0.309 e. The molecule has 0 fully saturated rings. The lowest BCUT2D eigenvalue weighted by Gasteiger charge is -2.35. The summed E-state index contributed by atoms with van der Waals surface area (Å²) in [5.74, 6) is 0. The number of nitrogens with zero attached hydrogens (tertiary/aromatic N) is 9. The quantitative estimate of drug-likeness (QED) is 0.184. The maximum Gasteiger partial charge on any atom is 0.198 e. The Morgan fingerprint density at radius 3 is 1.12 bits per heavy atom. The van der Waals surface area contributed by atoms with E-state index >= 15 is 0 Å². The fraction of sp³-hybridized carbons (Fsp3) is 0.231. The molecule has 0 saturated carbocycles. The van der Waals surface area contributed by atoms with Crippen LogP contribution in [0.2, 0.25) is 0 Å². The second-order valence-corrected chi connectivity index (χ2v) is 12.5. The highest BCUT2D eigenvalue weighted by Crippen LogP contribution is 2.48. The van der Waals surface area contributed by atoms with E-state index in [0.717, 1.165) is 61.8 Å². The fourth-order valence-electron chi connectivity index (χ4n) is 6.85. The zero-order chi connectivity index (χ0) is 33.9. The molecule has 4 heterocycles. The molecule has 0 saturated heterocycles. The van der Waals surface area contributed by atoms with Gasteiger partial charge in [-0.05, 0) is 119 Å². The lowest BCUT2D eigenvalue weighted by atomic mass is 9.87. The van der Waals surface area contributed by atoms with E-state index in [9.17, 15) is 0 Å². The molecule has 0 spiro atoms. The van der Waals surface area contributed by atoms with Gasteiger partial charge in [-0.3, -0.25) is 0 Å². The molecular formula is C39H37N9. The van der Waals surface area contributed by atoms with Crippen molar-refractivity contribution in [1.29, 1.82) is 0 Å². The normalized spacial score (nSPS) is 11.4. The number of aryl methyl sites for hydroxylation is 1. The number of benzene rings is 3. The Morgan fingerprint density at radius 2 is 0.750 bits per heavy atom. The van der Waals surface area contributed by atoms with E-state index < -0.39 is 0 Å². The Bertz CT molecular complexity index is 2190. The van der Waals surface area contributed by atoms with Gasteiger partial charge in [0.2, 0.25) is 0 Å². The third kappa shape index (κ3) is 4.94. The van der Waals surface area contributed by atoms with E-state index in [-0.39, 0.29) is 0 Å². The molecule has 0 aliphatic carbocycles. The highest BCUT2D eigenvalue weighted by Gasteiger charge is 2.28. The van der Waals surface area contributed by atoms with E-state index in [1.807, 2.05) is 12.4 Å². The summed E-state index contributed by atoms with van der Waals surface area (Å²) in [6.45, 7) is 19.7. The van der Waals surface area contributed by atoms with Crippen molar-refractivity contribution in [2.45, 2.75) is 62.3 Å². The summed E-state index contributed by atoms with van der Waals surface area (Å²) in [7, 11) is 0. The zero-order valence-electron chi connectivity index (χ0n) is 28.8. The van der Waals surface area contributed by atoms with Crippen LogP contribution in [0, 0.1) is 62.3 Å². The molecule has 0 atom stereocenters. The minimum atomic E-state index is 0.537. The van der Waals surface area contributed by atoms with Crippen molar-refractivity contribution in [2.75, 3.05) is 4.90 Å². The Balaban J connectivity index is 1.48. The van der Waals surface area contributed by atoms with Crippen LogP contribution in [-0.2, 0) is 0 Å². The first kappa shape index (κ1) is 30.9. The lowest BCUT2D eigenvalue weighted by molar-refractivity contribution is 1.11. The van der Waals surface area contributed by atoms with Gasteiger partial charge in [0.15, 0.2) is 22.6 Å². The predicted molar refractivity (Wildman–Crippen MR) is 192 cm³/mol. The second-order valence-electron chi connectivity index (χ2n) is 12.5. The maximum absolute atomic E-state index is 4.89. The molecule has 0 radical (unpaired) electrons. The third-order valence-electron chi connectivity index (χ3n) is 9.81. The van der Waals surface area contributed by atoms with Crippen molar-refractivity contribution in [3.8, 4) is 22.5 Å². The van der Waals surface area contributed by atoms with Crippen molar-refractivity contribution in [2.24, 2.45) is 0 Å². The Morgan fingerprint density at radius 1 is 0.396 bits per heavy atom. The van der Waals surface area contributed by atoms with Crippen LogP contribution in [0.5, 0.6) is 0 Å². The van der Waals surface area contributed by atoms with Crippen LogP contribution in [0.25, 0.3) is 45.1 Å². The van der Waals surface area contributed by atoms with Crippen LogP contribution >= 0.6 is 0 Å². The van der Waals surface area contributed by atoms with Crippen LogP contribution in [0.4, 0.5) is 17.1 Å². The Kier molecular flexibility index (Phi) is 7.62. The van der Waals surface area contributed by atoms with Crippen LogP contribution < -0.4 is 4.90 Å².